The highest BCUT2D eigenvalue weighted by molar-refractivity contribution is 5.82. The van der Waals surface area contributed by atoms with Crippen LogP contribution in [0.3, 0.4) is 0 Å². The second-order valence-corrected chi connectivity index (χ2v) is 4.51. The maximum atomic E-state index is 12.0. The monoisotopic (exact) mass is 233 g/mol. The lowest BCUT2D eigenvalue weighted by molar-refractivity contribution is -0.124. The van der Waals surface area contributed by atoms with Crippen molar-refractivity contribution in [1.29, 1.82) is 0 Å². The van der Waals surface area contributed by atoms with Gasteiger partial charge in [-0.15, -0.1) is 0 Å². The first kappa shape index (κ1) is 12.0. The summed E-state index contributed by atoms with van der Waals surface area (Å²) < 4.78 is 0. The lowest BCUT2D eigenvalue weighted by Crippen LogP contribution is -2.47. The topological polar surface area (TPSA) is 54.0 Å². The minimum Gasteiger partial charge on any atom is -0.348 e. The molecule has 4 nitrogen and oxygen atoms in total. The lowest BCUT2D eigenvalue weighted by atomic mass is 10.0. The number of carbonyl (C=O) groups excluding carboxylic acids is 1. The Morgan fingerprint density at radius 1 is 1.47 bits per heavy atom. The van der Waals surface area contributed by atoms with Crippen LogP contribution in [0.1, 0.15) is 37.8 Å². The summed E-state index contributed by atoms with van der Waals surface area (Å²) in [6.45, 7) is 2.94. The minimum atomic E-state index is -0.0203. The molecule has 0 radical (unpaired) electrons. The van der Waals surface area contributed by atoms with E-state index in [1.807, 2.05) is 19.1 Å². The Hall–Kier alpha value is -1.42. The van der Waals surface area contributed by atoms with E-state index < -0.39 is 0 Å². The van der Waals surface area contributed by atoms with Crippen LogP contribution in [0.25, 0.3) is 0 Å². The van der Waals surface area contributed by atoms with Gasteiger partial charge < -0.3 is 10.6 Å². The maximum absolute atomic E-state index is 12.0. The van der Waals surface area contributed by atoms with Gasteiger partial charge >= 0.3 is 0 Å². The van der Waals surface area contributed by atoms with Crippen molar-refractivity contribution < 1.29 is 4.79 Å². The zero-order chi connectivity index (χ0) is 12.1. The van der Waals surface area contributed by atoms with Crippen molar-refractivity contribution >= 4 is 5.91 Å². The van der Waals surface area contributed by atoms with Crippen LogP contribution in [0, 0.1) is 0 Å². The van der Waals surface area contributed by atoms with Crippen molar-refractivity contribution in [2.45, 2.75) is 38.3 Å². The standard InChI is InChI=1S/C13H19N3O/c1-10(11-5-8-14-9-6-11)16-13(17)12-4-2-3-7-15-12/h5-6,8-10,12,15H,2-4,7H2,1H3,(H,16,17)/t10-,12?/m1/s1. The number of aromatic nitrogens is 1. The molecular weight excluding hydrogens is 214 g/mol. The molecule has 1 fully saturated rings. The average molecular weight is 233 g/mol. The predicted octanol–water partition coefficient (Wildman–Crippen LogP) is 1.40. The third-order valence-electron chi connectivity index (χ3n) is 3.19. The molecule has 1 aromatic rings. The Morgan fingerprint density at radius 3 is 2.88 bits per heavy atom. The van der Waals surface area contributed by atoms with Crippen LogP contribution in [0.5, 0.6) is 0 Å². The third-order valence-corrected chi connectivity index (χ3v) is 3.19. The Balaban J connectivity index is 1.89. The van der Waals surface area contributed by atoms with Crippen LogP contribution in [0.2, 0.25) is 0 Å². The summed E-state index contributed by atoms with van der Waals surface area (Å²) in [6.07, 6.45) is 6.74. The molecule has 0 spiro atoms. The first-order valence-electron chi connectivity index (χ1n) is 6.21. The highest BCUT2D eigenvalue weighted by atomic mass is 16.2. The number of nitrogens with one attached hydrogen (secondary N) is 2. The number of nitrogens with zero attached hydrogens (tertiary/aromatic N) is 1. The van der Waals surface area contributed by atoms with Gasteiger partial charge in [-0.2, -0.15) is 0 Å². The summed E-state index contributed by atoms with van der Waals surface area (Å²) in [6, 6.07) is 3.88. The minimum absolute atomic E-state index is 0.0203. The highest BCUT2D eigenvalue weighted by Crippen LogP contribution is 2.12. The van der Waals surface area contributed by atoms with Crippen LogP contribution in [-0.2, 0) is 4.79 Å². The van der Waals surface area contributed by atoms with Gasteiger partial charge in [0.2, 0.25) is 5.91 Å². The maximum Gasteiger partial charge on any atom is 0.237 e. The van der Waals surface area contributed by atoms with Gasteiger partial charge in [0, 0.05) is 12.4 Å². The molecule has 4 heteroatoms. The Labute approximate surface area is 102 Å². The lowest BCUT2D eigenvalue weighted by Gasteiger charge is -2.24. The van der Waals surface area contributed by atoms with Crippen molar-refractivity contribution in [1.82, 2.24) is 15.6 Å². The SMILES string of the molecule is C[C@@H](NC(=O)C1CCCCN1)c1ccncc1. The Bertz CT molecular complexity index is 360. The smallest absolute Gasteiger partial charge is 0.237 e. The number of pyridine rings is 1. The number of amides is 1. The number of hydrogen-bond acceptors (Lipinski definition) is 3. The highest BCUT2D eigenvalue weighted by Gasteiger charge is 2.21. The van der Waals surface area contributed by atoms with Gasteiger partial charge in [-0.1, -0.05) is 6.42 Å². The second-order valence-electron chi connectivity index (χ2n) is 4.51. The van der Waals surface area contributed by atoms with Gasteiger partial charge in [0.05, 0.1) is 12.1 Å². The number of hydrogen-bond donors (Lipinski definition) is 2. The predicted molar refractivity (Wildman–Crippen MR) is 66.4 cm³/mol. The molecule has 0 bridgehead atoms. The van der Waals surface area contributed by atoms with E-state index in [0.717, 1.165) is 24.9 Å². The summed E-state index contributed by atoms with van der Waals surface area (Å²) in [4.78, 5) is 16.0. The molecule has 1 aliphatic rings. The number of rotatable bonds is 3. The van der Waals surface area contributed by atoms with E-state index >= 15 is 0 Å². The first-order chi connectivity index (χ1) is 8.27. The van der Waals surface area contributed by atoms with Gasteiger partial charge in [0.25, 0.3) is 0 Å². The molecule has 0 aliphatic carbocycles. The molecular formula is C13H19N3O. The Kier molecular flexibility index (Phi) is 4.09. The molecule has 1 unspecified atom stereocenters. The van der Waals surface area contributed by atoms with E-state index in [9.17, 15) is 4.79 Å². The fourth-order valence-corrected chi connectivity index (χ4v) is 2.13. The summed E-state index contributed by atoms with van der Waals surface area (Å²) in [5.41, 5.74) is 1.09. The van der Waals surface area contributed by atoms with Gasteiger partial charge in [-0.3, -0.25) is 9.78 Å². The van der Waals surface area contributed by atoms with Crippen LogP contribution in [0.4, 0.5) is 0 Å². The van der Waals surface area contributed by atoms with Crippen molar-refractivity contribution in [2.75, 3.05) is 6.54 Å². The van der Waals surface area contributed by atoms with Crippen LogP contribution in [-0.4, -0.2) is 23.5 Å². The molecule has 1 aromatic heterocycles. The van der Waals surface area contributed by atoms with E-state index in [2.05, 4.69) is 15.6 Å². The quantitative estimate of drug-likeness (QED) is 0.829. The normalized spacial score (nSPS) is 21.8. The summed E-state index contributed by atoms with van der Waals surface area (Å²) >= 11 is 0. The fourth-order valence-electron chi connectivity index (χ4n) is 2.13. The van der Waals surface area contributed by atoms with E-state index in [-0.39, 0.29) is 18.0 Å². The molecule has 92 valence electrons. The number of piperidine rings is 1. The molecule has 1 saturated heterocycles. The summed E-state index contributed by atoms with van der Waals surface area (Å²) in [5, 5.41) is 6.29. The number of carbonyl (C=O) groups is 1. The van der Waals surface area contributed by atoms with Crippen LogP contribution < -0.4 is 10.6 Å². The zero-order valence-corrected chi connectivity index (χ0v) is 10.1. The molecule has 2 rings (SSSR count). The molecule has 0 aromatic carbocycles. The molecule has 1 aliphatic heterocycles. The second kappa shape index (κ2) is 5.77. The molecule has 1 amide bonds. The molecule has 17 heavy (non-hydrogen) atoms. The van der Waals surface area contributed by atoms with Crippen molar-refractivity contribution in [2.24, 2.45) is 0 Å². The van der Waals surface area contributed by atoms with Gasteiger partial charge in [-0.05, 0) is 44.0 Å². The van der Waals surface area contributed by atoms with Gasteiger partial charge in [0.15, 0.2) is 0 Å². The van der Waals surface area contributed by atoms with E-state index in [1.165, 1.54) is 6.42 Å². The van der Waals surface area contributed by atoms with E-state index in [1.54, 1.807) is 12.4 Å². The Morgan fingerprint density at radius 2 is 2.24 bits per heavy atom. The van der Waals surface area contributed by atoms with Crippen molar-refractivity contribution in [3.05, 3.63) is 30.1 Å². The largest absolute Gasteiger partial charge is 0.348 e. The third kappa shape index (κ3) is 3.27. The first-order valence-corrected chi connectivity index (χ1v) is 6.21. The molecule has 2 atom stereocenters. The van der Waals surface area contributed by atoms with Crippen molar-refractivity contribution in [3.63, 3.8) is 0 Å². The zero-order valence-electron chi connectivity index (χ0n) is 10.1. The van der Waals surface area contributed by atoms with Crippen molar-refractivity contribution in [3.8, 4) is 0 Å². The summed E-state index contributed by atoms with van der Waals surface area (Å²) in [7, 11) is 0. The molecule has 2 N–H and O–H groups in total. The van der Waals surface area contributed by atoms with E-state index in [4.69, 9.17) is 0 Å². The summed E-state index contributed by atoms with van der Waals surface area (Å²) in [5.74, 6) is 0.106. The van der Waals surface area contributed by atoms with Gasteiger partial charge in [0.1, 0.15) is 0 Å². The van der Waals surface area contributed by atoms with E-state index in [0.29, 0.717) is 0 Å². The fraction of sp³-hybridized carbons (Fsp3) is 0.538. The molecule has 2 heterocycles. The molecule has 0 saturated carbocycles. The van der Waals surface area contributed by atoms with Crippen LogP contribution in [0.15, 0.2) is 24.5 Å². The average Bonchev–Trinajstić information content (AvgIpc) is 2.40. The van der Waals surface area contributed by atoms with Crippen LogP contribution >= 0.6 is 0 Å². The van der Waals surface area contributed by atoms with Gasteiger partial charge in [-0.25, -0.2) is 0 Å².